The Morgan fingerprint density at radius 2 is 1.67 bits per heavy atom. The summed E-state index contributed by atoms with van der Waals surface area (Å²) in [5.41, 5.74) is 3.22. The van der Waals surface area contributed by atoms with Gasteiger partial charge in [0.15, 0.2) is 0 Å². The van der Waals surface area contributed by atoms with Crippen molar-refractivity contribution in [2.75, 3.05) is 19.7 Å². The topological polar surface area (TPSA) is 46.6 Å². The van der Waals surface area contributed by atoms with Gasteiger partial charge in [-0.05, 0) is 72.7 Å². The van der Waals surface area contributed by atoms with Crippen LogP contribution in [0, 0.1) is 0 Å². The highest BCUT2D eigenvalue weighted by Gasteiger charge is 2.32. The van der Waals surface area contributed by atoms with Crippen molar-refractivity contribution < 1.29 is 13.2 Å². The van der Waals surface area contributed by atoms with E-state index in [1.165, 1.54) is 16.3 Å². The van der Waals surface area contributed by atoms with Crippen molar-refractivity contribution in [2.24, 2.45) is 0 Å². The van der Waals surface area contributed by atoms with E-state index in [4.69, 9.17) is 27.9 Å². The van der Waals surface area contributed by atoms with Gasteiger partial charge in [-0.3, -0.25) is 0 Å². The minimum atomic E-state index is -3.57. The number of halogens is 2. The van der Waals surface area contributed by atoms with Crippen LogP contribution in [-0.2, 0) is 27.6 Å². The SMILES string of the molecule is O=S(=O)(c1ccc2c(c1)CCCC2)N1CCOC(c2cc(Cl)cc(Cl)c2)C1. The summed E-state index contributed by atoms with van der Waals surface area (Å²) in [5.74, 6) is 0. The standard InChI is InChI=1S/C20H21Cl2NO3S/c21-17-9-16(10-18(22)12-17)20-13-23(7-8-26-20)27(24,25)19-6-5-14-3-1-2-4-15(14)11-19/h5-6,9-12,20H,1-4,7-8,13H2. The molecule has 1 aliphatic heterocycles. The van der Waals surface area contributed by atoms with Crippen LogP contribution in [0.5, 0.6) is 0 Å². The maximum absolute atomic E-state index is 13.2. The summed E-state index contributed by atoms with van der Waals surface area (Å²) in [7, 11) is -3.57. The minimum absolute atomic E-state index is 0.246. The van der Waals surface area contributed by atoms with Gasteiger partial charge in [0, 0.05) is 23.1 Å². The molecule has 2 aromatic rings. The predicted octanol–water partition coefficient (Wildman–Crippen LogP) is 4.63. The minimum Gasteiger partial charge on any atom is -0.371 e. The number of benzene rings is 2. The molecule has 0 aromatic heterocycles. The quantitative estimate of drug-likeness (QED) is 0.719. The molecule has 2 aromatic carbocycles. The van der Waals surface area contributed by atoms with Gasteiger partial charge in [0.2, 0.25) is 10.0 Å². The highest BCUT2D eigenvalue weighted by atomic mass is 35.5. The van der Waals surface area contributed by atoms with Crippen LogP contribution in [0.4, 0.5) is 0 Å². The zero-order chi connectivity index (χ0) is 19.0. The first-order valence-corrected chi connectivity index (χ1v) is 11.3. The van der Waals surface area contributed by atoms with Crippen LogP contribution in [0.1, 0.15) is 35.6 Å². The molecule has 1 aliphatic carbocycles. The third-order valence-electron chi connectivity index (χ3n) is 5.24. The van der Waals surface area contributed by atoms with E-state index in [0.29, 0.717) is 28.1 Å². The fourth-order valence-corrected chi connectivity index (χ4v) is 5.84. The Labute approximate surface area is 170 Å². The molecule has 0 radical (unpaired) electrons. The van der Waals surface area contributed by atoms with Crippen LogP contribution in [-0.4, -0.2) is 32.4 Å². The highest BCUT2D eigenvalue weighted by molar-refractivity contribution is 7.89. The molecular weight excluding hydrogens is 405 g/mol. The average molecular weight is 426 g/mol. The fourth-order valence-electron chi connectivity index (χ4n) is 3.83. The summed E-state index contributed by atoms with van der Waals surface area (Å²) in [5, 5.41) is 1.02. The summed E-state index contributed by atoms with van der Waals surface area (Å²) in [6, 6.07) is 10.7. The number of morpholine rings is 1. The van der Waals surface area contributed by atoms with Crippen LogP contribution >= 0.6 is 23.2 Å². The van der Waals surface area contributed by atoms with Crippen LogP contribution in [0.15, 0.2) is 41.3 Å². The largest absolute Gasteiger partial charge is 0.371 e. The number of aryl methyl sites for hydroxylation is 2. The van der Waals surface area contributed by atoms with Crippen LogP contribution in [0.2, 0.25) is 10.0 Å². The Balaban J connectivity index is 1.60. The Hall–Kier alpha value is -1.11. The Morgan fingerprint density at radius 3 is 2.41 bits per heavy atom. The number of hydrogen-bond acceptors (Lipinski definition) is 3. The van der Waals surface area contributed by atoms with Gasteiger partial charge in [-0.25, -0.2) is 8.42 Å². The van der Waals surface area contributed by atoms with Gasteiger partial charge in [0.1, 0.15) is 0 Å². The molecule has 1 atom stereocenters. The molecule has 1 fully saturated rings. The van der Waals surface area contributed by atoms with Crippen molar-refractivity contribution in [1.29, 1.82) is 0 Å². The Morgan fingerprint density at radius 1 is 0.963 bits per heavy atom. The van der Waals surface area contributed by atoms with E-state index in [2.05, 4.69) is 0 Å². The van der Waals surface area contributed by atoms with Crippen LogP contribution in [0.3, 0.4) is 0 Å². The Kier molecular flexibility index (Phi) is 5.50. The van der Waals surface area contributed by atoms with Gasteiger partial charge in [-0.1, -0.05) is 29.3 Å². The van der Waals surface area contributed by atoms with Gasteiger partial charge >= 0.3 is 0 Å². The van der Waals surface area contributed by atoms with E-state index in [1.54, 1.807) is 24.3 Å². The van der Waals surface area contributed by atoms with E-state index >= 15 is 0 Å². The first-order valence-electron chi connectivity index (χ1n) is 9.13. The second-order valence-corrected chi connectivity index (χ2v) is 9.87. The summed E-state index contributed by atoms with van der Waals surface area (Å²) in [6.45, 7) is 0.916. The summed E-state index contributed by atoms with van der Waals surface area (Å²) in [4.78, 5) is 0.368. The van der Waals surface area contributed by atoms with Crippen molar-refractivity contribution in [3.8, 4) is 0 Å². The summed E-state index contributed by atoms with van der Waals surface area (Å²) in [6.07, 6.45) is 3.89. The normalized spacial score (nSPS) is 21.0. The molecule has 2 aliphatic rings. The average Bonchev–Trinajstić information content (AvgIpc) is 2.67. The molecule has 1 unspecified atom stereocenters. The lowest BCUT2D eigenvalue weighted by Crippen LogP contribution is -2.42. The van der Waals surface area contributed by atoms with E-state index in [9.17, 15) is 8.42 Å². The lowest BCUT2D eigenvalue weighted by molar-refractivity contribution is -0.00254. The predicted molar refractivity (Wildman–Crippen MR) is 107 cm³/mol. The maximum atomic E-state index is 13.2. The van der Waals surface area contributed by atoms with E-state index in [-0.39, 0.29) is 12.6 Å². The molecule has 27 heavy (non-hydrogen) atoms. The summed E-state index contributed by atoms with van der Waals surface area (Å²) < 4.78 is 33.7. The maximum Gasteiger partial charge on any atom is 0.243 e. The van der Waals surface area contributed by atoms with E-state index < -0.39 is 10.0 Å². The zero-order valence-electron chi connectivity index (χ0n) is 14.8. The monoisotopic (exact) mass is 425 g/mol. The Bertz CT molecular complexity index is 941. The number of nitrogens with zero attached hydrogens (tertiary/aromatic N) is 1. The number of fused-ring (bicyclic) bond motifs is 1. The van der Waals surface area contributed by atoms with Crippen molar-refractivity contribution in [2.45, 2.75) is 36.7 Å². The molecule has 0 saturated carbocycles. The second kappa shape index (κ2) is 7.72. The third kappa shape index (κ3) is 4.03. The second-order valence-electron chi connectivity index (χ2n) is 7.06. The molecule has 0 bridgehead atoms. The molecule has 4 nitrogen and oxygen atoms in total. The number of rotatable bonds is 3. The number of sulfonamides is 1. The fraction of sp³-hybridized carbons (Fsp3) is 0.400. The molecule has 144 valence electrons. The van der Waals surface area contributed by atoms with E-state index in [1.807, 2.05) is 12.1 Å². The molecule has 4 rings (SSSR count). The number of ether oxygens (including phenoxy) is 1. The van der Waals surface area contributed by atoms with Gasteiger partial charge in [-0.15, -0.1) is 0 Å². The molecule has 1 saturated heterocycles. The highest BCUT2D eigenvalue weighted by Crippen LogP contribution is 2.31. The zero-order valence-corrected chi connectivity index (χ0v) is 17.2. The first-order chi connectivity index (χ1) is 12.9. The molecule has 0 N–H and O–H groups in total. The van der Waals surface area contributed by atoms with Crippen molar-refractivity contribution >= 4 is 33.2 Å². The molecule has 1 heterocycles. The first kappa shape index (κ1) is 19.2. The molecule has 0 amide bonds. The van der Waals surface area contributed by atoms with Crippen molar-refractivity contribution in [3.05, 3.63) is 63.1 Å². The van der Waals surface area contributed by atoms with Gasteiger partial charge in [0.05, 0.1) is 17.6 Å². The molecular formula is C20H21Cl2NO3S. The smallest absolute Gasteiger partial charge is 0.243 e. The van der Waals surface area contributed by atoms with Crippen LogP contribution < -0.4 is 0 Å². The third-order valence-corrected chi connectivity index (χ3v) is 7.54. The van der Waals surface area contributed by atoms with Crippen molar-refractivity contribution in [3.63, 3.8) is 0 Å². The van der Waals surface area contributed by atoms with Gasteiger partial charge in [-0.2, -0.15) is 4.31 Å². The summed E-state index contributed by atoms with van der Waals surface area (Å²) >= 11 is 12.2. The van der Waals surface area contributed by atoms with Gasteiger partial charge in [0.25, 0.3) is 0 Å². The number of hydrogen-bond donors (Lipinski definition) is 0. The van der Waals surface area contributed by atoms with Gasteiger partial charge < -0.3 is 4.74 Å². The van der Waals surface area contributed by atoms with Crippen molar-refractivity contribution in [1.82, 2.24) is 4.31 Å². The molecule has 7 heteroatoms. The lowest BCUT2D eigenvalue weighted by atomic mass is 9.92. The lowest BCUT2D eigenvalue weighted by Gasteiger charge is -2.32. The molecule has 0 spiro atoms. The van der Waals surface area contributed by atoms with E-state index in [0.717, 1.165) is 30.4 Å². The van der Waals surface area contributed by atoms with Crippen LogP contribution in [0.25, 0.3) is 0 Å².